The molecule has 3 nitrogen and oxygen atoms in total. The van der Waals surface area contributed by atoms with E-state index in [1.54, 1.807) is 18.2 Å². The molecule has 98 valence electrons. The predicted molar refractivity (Wildman–Crippen MR) is 78.3 cm³/mol. The van der Waals surface area contributed by atoms with Crippen LogP contribution in [-0.2, 0) is 0 Å². The Morgan fingerprint density at radius 1 is 1.44 bits per heavy atom. The average molecular weight is 285 g/mol. The van der Waals surface area contributed by atoms with E-state index in [-0.39, 0.29) is 5.91 Å². The number of likely N-dealkylation sites (tertiary alicyclic amines) is 1. The third kappa shape index (κ3) is 2.93. The number of nitrogens with zero attached hydrogens (tertiary/aromatic N) is 1. The Morgan fingerprint density at radius 3 is 2.67 bits per heavy atom. The zero-order valence-electron chi connectivity index (χ0n) is 10.4. The lowest BCUT2D eigenvalue weighted by atomic mass is 10.1. The lowest BCUT2D eigenvalue weighted by Crippen LogP contribution is -2.39. The second-order valence-electron chi connectivity index (χ2n) is 4.46. The molecule has 1 saturated heterocycles. The molecule has 1 aliphatic heterocycles. The molecule has 0 atom stereocenters. The molecule has 0 radical (unpaired) electrons. The highest BCUT2D eigenvalue weighted by molar-refractivity contribution is 7.99. The van der Waals surface area contributed by atoms with Crippen LogP contribution in [0.5, 0.6) is 0 Å². The van der Waals surface area contributed by atoms with Crippen molar-refractivity contribution in [2.24, 2.45) is 0 Å². The molecule has 0 aliphatic carbocycles. The number of carbonyl (C=O) groups excluding carboxylic acids is 1. The van der Waals surface area contributed by atoms with Crippen LogP contribution in [-0.4, -0.2) is 35.4 Å². The Labute approximate surface area is 117 Å². The SMILES string of the molecule is CSC1CCN(C(=O)c2ccc(Cl)cc2N)CC1. The quantitative estimate of drug-likeness (QED) is 0.850. The smallest absolute Gasteiger partial charge is 0.255 e. The van der Waals surface area contributed by atoms with Crippen molar-refractivity contribution < 1.29 is 4.79 Å². The van der Waals surface area contributed by atoms with Gasteiger partial charge in [0.05, 0.1) is 5.56 Å². The molecular formula is C13H17ClN2OS. The topological polar surface area (TPSA) is 46.3 Å². The summed E-state index contributed by atoms with van der Waals surface area (Å²) in [4.78, 5) is 14.2. The zero-order chi connectivity index (χ0) is 13.1. The molecule has 1 amide bonds. The average Bonchev–Trinajstić information content (AvgIpc) is 2.38. The molecule has 1 aromatic carbocycles. The van der Waals surface area contributed by atoms with Gasteiger partial charge in [-0.05, 0) is 37.3 Å². The molecule has 0 unspecified atom stereocenters. The van der Waals surface area contributed by atoms with Crippen molar-refractivity contribution in [3.8, 4) is 0 Å². The summed E-state index contributed by atoms with van der Waals surface area (Å²) < 4.78 is 0. The second kappa shape index (κ2) is 5.85. The van der Waals surface area contributed by atoms with E-state index in [9.17, 15) is 4.79 Å². The highest BCUT2D eigenvalue weighted by Crippen LogP contribution is 2.24. The molecular weight excluding hydrogens is 268 g/mol. The highest BCUT2D eigenvalue weighted by Gasteiger charge is 2.24. The Balaban J connectivity index is 2.08. The number of anilines is 1. The van der Waals surface area contributed by atoms with E-state index in [2.05, 4.69) is 6.26 Å². The maximum Gasteiger partial charge on any atom is 0.255 e. The van der Waals surface area contributed by atoms with Crippen molar-refractivity contribution >= 4 is 35.0 Å². The minimum absolute atomic E-state index is 0.0173. The van der Waals surface area contributed by atoms with Crippen molar-refractivity contribution in [3.05, 3.63) is 28.8 Å². The minimum atomic E-state index is 0.0173. The van der Waals surface area contributed by atoms with Gasteiger partial charge in [-0.15, -0.1) is 0 Å². The van der Waals surface area contributed by atoms with Gasteiger partial charge >= 0.3 is 0 Å². The predicted octanol–water partition coefficient (Wildman–Crippen LogP) is 2.89. The molecule has 1 fully saturated rings. The Kier molecular flexibility index (Phi) is 4.40. The number of hydrogen-bond acceptors (Lipinski definition) is 3. The number of amides is 1. The van der Waals surface area contributed by atoms with Gasteiger partial charge in [-0.25, -0.2) is 0 Å². The number of hydrogen-bond donors (Lipinski definition) is 1. The van der Waals surface area contributed by atoms with Crippen LogP contribution in [0.3, 0.4) is 0 Å². The summed E-state index contributed by atoms with van der Waals surface area (Å²) in [5, 5.41) is 1.24. The maximum atomic E-state index is 12.3. The van der Waals surface area contributed by atoms with E-state index in [0.29, 0.717) is 21.5 Å². The Hall–Kier alpha value is -0.870. The normalized spacial score (nSPS) is 16.9. The maximum absolute atomic E-state index is 12.3. The second-order valence-corrected chi connectivity index (χ2v) is 6.03. The lowest BCUT2D eigenvalue weighted by Gasteiger charge is -2.31. The van der Waals surface area contributed by atoms with E-state index in [1.807, 2.05) is 16.7 Å². The number of halogens is 1. The monoisotopic (exact) mass is 284 g/mol. The molecule has 0 bridgehead atoms. The molecule has 1 aliphatic rings. The van der Waals surface area contributed by atoms with Gasteiger partial charge in [-0.2, -0.15) is 11.8 Å². The summed E-state index contributed by atoms with van der Waals surface area (Å²) in [6, 6.07) is 5.05. The van der Waals surface area contributed by atoms with Crippen LogP contribution in [0.2, 0.25) is 5.02 Å². The number of carbonyl (C=O) groups is 1. The fourth-order valence-corrected chi connectivity index (χ4v) is 3.06. The van der Waals surface area contributed by atoms with Gasteiger partial charge in [0.15, 0.2) is 0 Å². The van der Waals surface area contributed by atoms with Gasteiger partial charge in [-0.3, -0.25) is 4.79 Å². The van der Waals surface area contributed by atoms with Gasteiger partial charge in [-0.1, -0.05) is 11.6 Å². The summed E-state index contributed by atoms with van der Waals surface area (Å²) in [5.74, 6) is 0.0173. The van der Waals surface area contributed by atoms with Crippen LogP contribution in [0, 0.1) is 0 Å². The lowest BCUT2D eigenvalue weighted by molar-refractivity contribution is 0.0728. The van der Waals surface area contributed by atoms with Crippen LogP contribution < -0.4 is 5.73 Å². The molecule has 0 aromatic heterocycles. The first-order valence-corrected chi connectivity index (χ1v) is 7.65. The summed E-state index contributed by atoms with van der Waals surface area (Å²) in [7, 11) is 0. The summed E-state index contributed by atoms with van der Waals surface area (Å²) in [5.41, 5.74) is 6.86. The first kappa shape index (κ1) is 13.6. The van der Waals surface area contributed by atoms with Gasteiger partial charge in [0, 0.05) is 29.0 Å². The van der Waals surface area contributed by atoms with E-state index in [0.717, 1.165) is 25.9 Å². The fourth-order valence-electron chi connectivity index (χ4n) is 2.19. The minimum Gasteiger partial charge on any atom is -0.398 e. The van der Waals surface area contributed by atoms with E-state index >= 15 is 0 Å². The van der Waals surface area contributed by atoms with Crippen molar-refractivity contribution in [1.82, 2.24) is 4.90 Å². The van der Waals surface area contributed by atoms with Crippen molar-refractivity contribution in [2.45, 2.75) is 18.1 Å². The molecule has 1 heterocycles. The molecule has 2 N–H and O–H groups in total. The molecule has 0 saturated carbocycles. The largest absolute Gasteiger partial charge is 0.398 e. The molecule has 2 rings (SSSR count). The van der Waals surface area contributed by atoms with E-state index < -0.39 is 0 Å². The van der Waals surface area contributed by atoms with Crippen molar-refractivity contribution in [2.75, 3.05) is 25.1 Å². The van der Waals surface area contributed by atoms with Crippen molar-refractivity contribution in [1.29, 1.82) is 0 Å². The zero-order valence-corrected chi connectivity index (χ0v) is 11.9. The standard InChI is InChI=1S/C13H17ClN2OS/c1-18-10-4-6-16(7-5-10)13(17)11-3-2-9(14)8-12(11)15/h2-3,8,10H,4-7,15H2,1H3. The molecule has 18 heavy (non-hydrogen) atoms. The van der Waals surface area contributed by atoms with Gasteiger partial charge in [0.1, 0.15) is 0 Å². The van der Waals surface area contributed by atoms with Crippen LogP contribution in [0.4, 0.5) is 5.69 Å². The molecule has 5 heteroatoms. The Morgan fingerprint density at radius 2 is 2.11 bits per heavy atom. The van der Waals surface area contributed by atoms with Crippen LogP contribution in [0.1, 0.15) is 23.2 Å². The third-order valence-electron chi connectivity index (χ3n) is 3.31. The highest BCUT2D eigenvalue weighted by atomic mass is 35.5. The van der Waals surface area contributed by atoms with E-state index in [4.69, 9.17) is 17.3 Å². The summed E-state index contributed by atoms with van der Waals surface area (Å²) in [6.45, 7) is 1.62. The number of thioether (sulfide) groups is 1. The van der Waals surface area contributed by atoms with Gasteiger partial charge in [0.2, 0.25) is 0 Å². The van der Waals surface area contributed by atoms with Crippen molar-refractivity contribution in [3.63, 3.8) is 0 Å². The summed E-state index contributed by atoms with van der Waals surface area (Å²) in [6.07, 6.45) is 4.24. The number of rotatable bonds is 2. The Bertz CT molecular complexity index is 445. The van der Waals surface area contributed by atoms with Gasteiger partial charge in [0.25, 0.3) is 5.91 Å². The van der Waals surface area contributed by atoms with E-state index in [1.165, 1.54) is 0 Å². The third-order valence-corrected chi connectivity index (χ3v) is 4.68. The van der Waals surface area contributed by atoms with Crippen LogP contribution in [0.25, 0.3) is 0 Å². The number of nitrogen functional groups attached to an aromatic ring is 1. The number of benzene rings is 1. The summed E-state index contributed by atoms with van der Waals surface area (Å²) >= 11 is 7.72. The molecule has 1 aromatic rings. The fraction of sp³-hybridized carbons (Fsp3) is 0.462. The number of nitrogens with two attached hydrogens (primary N) is 1. The molecule has 0 spiro atoms. The number of piperidine rings is 1. The van der Waals surface area contributed by atoms with Crippen LogP contribution >= 0.6 is 23.4 Å². The van der Waals surface area contributed by atoms with Crippen LogP contribution in [0.15, 0.2) is 18.2 Å². The first-order chi connectivity index (χ1) is 8.61. The first-order valence-electron chi connectivity index (χ1n) is 5.99. The van der Waals surface area contributed by atoms with Gasteiger partial charge < -0.3 is 10.6 Å².